The van der Waals surface area contributed by atoms with E-state index in [1.807, 2.05) is 0 Å². The lowest BCUT2D eigenvalue weighted by Gasteiger charge is -2.15. The van der Waals surface area contributed by atoms with E-state index in [9.17, 15) is 22.1 Å². The van der Waals surface area contributed by atoms with Crippen LogP contribution in [0.4, 0.5) is 23.5 Å². The van der Waals surface area contributed by atoms with Gasteiger partial charge in [-0.05, 0) is 32.4 Å². The molecule has 6 nitrogen and oxygen atoms in total. The number of aromatic nitrogens is 3. The third kappa shape index (κ3) is 4.13. The highest BCUT2D eigenvalue weighted by Crippen LogP contribution is 2.42. The van der Waals surface area contributed by atoms with Gasteiger partial charge in [-0.1, -0.05) is 0 Å². The maximum Gasteiger partial charge on any atom is 0.419 e. The number of anilines is 1. The Kier molecular flexibility index (Phi) is 5.44. The van der Waals surface area contributed by atoms with Crippen LogP contribution in [0.3, 0.4) is 0 Å². The number of aromatic amines is 1. The van der Waals surface area contributed by atoms with Crippen LogP contribution in [0.2, 0.25) is 0 Å². The lowest BCUT2D eigenvalue weighted by Crippen LogP contribution is -2.21. The Bertz CT molecular complexity index is 1110. The second kappa shape index (κ2) is 7.42. The number of aliphatic hydroxyl groups excluding tert-OH is 1. The van der Waals surface area contributed by atoms with Crippen molar-refractivity contribution < 1.29 is 27.2 Å². The first-order chi connectivity index (χ1) is 13.4. The fourth-order valence-corrected chi connectivity index (χ4v) is 4.32. The standard InChI is InChI=1S/C18H19F4N4O2P/c1-9(8-27)25-17-24-7-12(18(20,21)22)14(26-17)11-6-23-15-10(11)4-5-13(19)16(15)29(2,3)28/h4-7,9,23,27H,8H2,1-3H3,(H,24,25,26). The molecule has 29 heavy (non-hydrogen) atoms. The van der Waals surface area contributed by atoms with Crippen LogP contribution >= 0.6 is 7.14 Å². The Morgan fingerprint density at radius 3 is 2.59 bits per heavy atom. The normalized spacial score (nSPS) is 13.7. The van der Waals surface area contributed by atoms with E-state index < -0.39 is 36.4 Å². The van der Waals surface area contributed by atoms with E-state index in [4.69, 9.17) is 5.11 Å². The molecule has 3 aromatic rings. The molecule has 0 fully saturated rings. The van der Waals surface area contributed by atoms with Crippen molar-refractivity contribution in [1.82, 2.24) is 15.0 Å². The highest BCUT2D eigenvalue weighted by atomic mass is 31.2. The van der Waals surface area contributed by atoms with E-state index in [0.717, 1.165) is 6.07 Å². The van der Waals surface area contributed by atoms with Crippen LogP contribution in [0.5, 0.6) is 0 Å². The summed E-state index contributed by atoms with van der Waals surface area (Å²) in [6.07, 6.45) is -2.80. The maximum absolute atomic E-state index is 14.3. The number of hydrogen-bond donors (Lipinski definition) is 3. The molecule has 156 valence electrons. The molecule has 0 aliphatic rings. The zero-order valence-electron chi connectivity index (χ0n) is 15.8. The zero-order chi connectivity index (χ0) is 21.6. The van der Waals surface area contributed by atoms with Crippen LogP contribution in [-0.2, 0) is 10.7 Å². The largest absolute Gasteiger partial charge is 0.419 e. The Balaban J connectivity index is 2.28. The summed E-state index contributed by atoms with van der Waals surface area (Å²) >= 11 is 0. The quantitative estimate of drug-likeness (QED) is 0.423. The molecule has 11 heteroatoms. The lowest BCUT2D eigenvalue weighted by molar-refractivity contribution is -0.137. The van der Waals surface area contributed by atoms with Gasteiger partial charge >= 0.3 is 6.18 Å². The molecule has 1 atom stereocenters. The monoisotopic (exact) mass is 430 g/mol. The smallest absolute Gasteiger partial charge is 0.394 e. The first-order valence-electron chi connectivity index (χ1n) is 8.60. The summed E-state index contributed by atoms with van der Waals surface area (Å²) in [6.45, 7) is 4.12. The van der Waals surface area contributed by atoms with Crippen molar-refractivity contribution in [3.63, 3.8) is 0 Å². The van der Waals surface area contributed by atoms with Crippen molar-refractivity contribution in [3.8, 4) is 11.3 Å². The minimum atomic E-state index is -4.73. The molecule has 0 aliphatic carbocycles. The van der Waals surface area contributed by atoms with E-state index >= 15 is 0 Å². The van der Waals surface area contributed by atoms with E-state index in [-0.39, 0.29) is 34.3 Å². The molecule has 2 heterocycles. The van der Waals surface area contributed by atoms with E-state index in [2.05, 4.69) is 20.3 Å². The van der Waals surface area contributed by atoms with E-state index in [0.29, 0.717) is 6.20 Å². The van der Waals surface area contributed by atoms with Crippen LogP contribution in [0.25, 0.3) is 22.2 Å². The van der Waals surface area contributed by atoms with Crippen LogP contribution in [0.1, 0.15) is 12.5 Å². The van der Waals surface area contributed by atoms with E-state index in [1.165, 1.54) is 25.6 Å². The Morgan fingerprint density at radius 2 is 2.00 bits per heavy atom. The second-order valence-electron chi connectivity index (χ2n) is 7.05. The summed E-state index contributed by atoms with van der Waals surface area (Å²) in [4.78, 5) is 10.4. The number of halogens is 4. The molecule has 0 spiro atoms. The molecule has 1 aromatic carbocycles. The van der Waals surface area contributed by atoms with Crippen molar-refractivity contribution in [2.24, 2.45) is 0 Å². The molecule has 0 aliphatic heterocycles. The molecule has 0 saturated heterocycles. The third-order valence-corrected chi connectivity index (χ3v) is 5.83. The lowest BCUT2D eigenvalue weighted by atomic mass is 10.1. The topological polar surface area (TPSA) is 90.9 Å². The Labute approximate surface area is 163 Å². The van der Waals surface area contributed by atoms with Crippen molar-refractivity contribution in [1.29, 1.82) is 0 Å². The minimum Gasteiger partial charge on any atom is -0.394 e. The average Bonchev–Trinajstić information content (AvgIpc) is 3.02. The summed E-state index contributed by atoms with van der Waals surface area (Å²) in [5, 5.41) is 12.1. The van der Waals surface area contributed by atoms with Gasteiger partial charge in [-0.25, -0.2) is 14.4 Å². The number of fused-ring (bicyclic) bond motifs is 1. The minimum absolute atomic E-state index is 0.0592. The van der Waals surface area contributed by atoms with Gasteiger partial charge < -0.3 is 20.0 Å². The molecule has 0 bridgehead atoms. The number of nitrogens with one attached hydrogen (secondary N) is 2. The SMILES string of the molecule is CC(CO)Nc1ncc(C(F)(F)F)c(-c2c[nH]c3c(P(C)(C)=O)c(F)ccc23)n1. The van der Waals surface area contributed by atoms with Gasteiger partial charge in [0.05, 0.1) is 23.1 Å². The van der Waals surface area contributed by atoms with Gasteiger partial charge in [0.2, 0.25) is 5.95 Å². The predicted octanol–water partition coefficient (Wildman–Crippen LogP) is 3.82. The third-order valence-electron chi connectivity index (χ3n) is 4.32. The molecule has 3 N–H and O–H groups in total. The summed E-state index contributed by atoms with van der Waals surface area (Å²) in [7, 11) is -3.06. The van der Waals surface area contributed by atoms with Crippen LogP contribution in [0.15, 0.2) is 24.5 Å². The van der Waals surface area contributed by atoms with E-state index in [1.54, 1.807) is 6.92 Å². The molecule has 0 saturated carbocycles. The van der Waals surface area contributed by atoms with Crippen molar-refractivity contribution in [3.05, 3.63) is 35.9 Å². The van der Waals surface area contributed by atoms with Crippen molar-refractivity contribution in [2.75, 3.05) is 25.3 Å². The van der Waals surface area contributed by atoms with Gasteiger partial charge in [0, 0.05) is 29.4 Å². The molecular formula is C18H19F4N4O2P. The summed E-state index contributed by atoms with van der Waals surface area (Å²) in [5.74, 6) is -0.792. The fourth-order valence-electron chi connectivity index (χ4n) is 3.01. The maximum atomic E-state index is 14.3. The Hall–Kier alpha value is -2.45. The van der Waals surface area contributed by atoms with Gasteiger partial charge in [0.25, 0.3) is 0 Å². The Morgan fingerprint density at radius 1 is 1.31 bits per heavy atom. The molecule has 1 unspecified atom stereocenters. The summed E-state index contributed by atoms with van der Waals surface area (Å²) < 4.78 is 67.6. The molecule has 0 radical (unpaired) electrons. The fraction of sp³-hybridized carbons (Fsp3) is 0.333. The number of hydrogen-bond acceptors (Lipinski definition) is 5. The number of aliphatic hydroxyl groups is 1. The van der Waals surface area contributed by atoms with Crippen LogP contribution < -0.4 is 10.6 Å². The predicted molar refractivity (Wildman–Crippen MR) is 104 cm³/mol. The van der Waals surface area contributed by atoms with Crippen molar-refractivity contribution in [2.45, 2.75) is 19.1 Å². The molecule has 0 amide bonds. The first kappa shape index (κ1) is 21.3. The average molecular weight is 430 g/mol. The number of rotatable bonds is 5. The summed E-state index contributed by atoms with van der Waals surface area (Å²) in [6, 6.07) is 1.92. The first-order valence-corrected chi connectivity index (χ1v) is 11.2. The summed E-state index contributed by atoms with van der Waals surface area (Å²) in [5.41, 5.74) is -1.24. The molecule has 3 rings (SSSR count). The number of alkyl halides is 3. The highest BCUT2D eigenvalue weighted by molar-refractivity contribution is 7.70. The number of H-pyrrole nitrogens is 1. The molecular weight excluding hydrogens is 411 g/mol. The van der Waals surface area contributed by atoms with Gasteiger partial charge in [0.1, 0.15) is 18.5 Å². The second-order valence-corrected chi connectivity index (χ2v) is 10.2. The number of benzene rings is 1. The van der Waals surface area contributed by atoms with Crippen molar-refractivity contribution >= 4 is 29.3 Å². The van der Waals surface area contributed by atoms with Gasteiger partial charge in [-0.3, -0.25) is 0 Å². The van der Waals surface area contributed by atoms with Crippen LogP contribution in [0, 0.1) is 5.82 Å². The highest BCUT2D eigenvalue weighted by Gasteiger charge is 2.36. The zero-order valence-corrected chi connectivity index (χ0v) is 16.7. The van der Waals surface area contributed by atoms with Crippen LogP contribution in [-0.4, -0.2) is 46.0 Å². The molecule has 2 aromatic heterocycles. The van der Waals surface area contributed by atoms with Gasteiger partial charge in [-0.2, -0.15) is 13.2 Å². The van der Waals surface area contributed by atoms with Gasteiger partial charge in [0.15, 0.2) is 0 Å². The van der Waals surface area contributed by atoms with Gasteiger partial charge in [-0.15, -0.1) is 0 Å². The number of nitrogens with zero attached hydrogens (tertiary/aromatic N) is 2.